The molecule has 2 aromatic rings. The van der Waals surface area contributed by atoms with Gasteiger partial charge in [0.05, 0.1) is 5.56 Å². The molecule has 1 aromatic carbocycles. The molecule has 13 heteroatoms. The molecule has 6 N–H and O–H groups in total. The average Bonchev–Trinajstić information content (AvgIpc) is 2.84. The smallest absolute Gasteiger partial charge is 0.475 e. The van der Waals surface area contributed by atoms with E-state index in [0.29, 0.717) is 27.8 Å². The largest absolute Gasteiger partial charge is 0.490 e. The first-order valence-corrected chi connectivity index (χ1v) is 9.97. The number of benzene rings is 1. The molecule has 0 bridgehead atoms. The van der Waals surface area contributed by atoms with Crippen LogP contribution >= 0.6 is 22.9 Å². The Bertz CT molecular complexity index is 964. The second-order valence-corrected chi connectivity index (χ2v) is 7.78. The number of alkyl halides is 3. The third kappa shape index (κ3) is 7.12. The van der Waals surface area contributed by atoms with E-state index in [1.54, 1.807) is 24.3 Å². The molecule has 0 fully saturated rings. The maximum atomic E-state index is 12.2. The van der Waals surface area contributed by atoms with Crippen LogP contribution in [0.2, 0.25) is 5.02 Å². The van der Waals surface area contributed by atoms with E-state index in [0.717, 1.165) is 29.8 Å². The first kappa shape index (κ1) is 24.4. The van der Waals surface area contributed by atoms with Crippen molar-refractivity contribution in [3.63, 3.8) is 0 Å². The first-order chi connectivity index (χ1) is 14.5. The lowest BCUT2D eigenvalue weighted by Crippen LogP contribution is -2.22. The minimum Gasteiger partial charge on any atom is -0.475 e. The Balaban J connectivity index is 0.000000423. The predicted molar refractivity (Wildman–Crippen MR) is 111 cm³/mol. The Kier molecular flexibility index (Phi) is 8.25. The summed E-state index contributed by atoms with van der Waals surface area (Å²) in [6.07, 6.45) is -3.38. The lowest BCUT2D eigenvalue weighted by Gasteiger charge is -2.08. The second kappa shape index (κ2) is 10.5. The number of primary amides is 1. The number of urea groups is 1. The molecule has 168 valence electrons. The van der Waals surface area contributed by atoms with E-state index >= 15 is 0 Å². The fourth-order valence-electron chi connectivity index (χ4n) is 2.66. The van der Waals surface area contributed by atoms with Crippen molar-refractivity contribution in [3.8, 4) is 0 Å². The fraction of sp³-hybridized carbons (Fsp3) is 0.278. The standard InChI is InChI=1S/C16H17ClN4O2S.C2HF3O2/c17-9-3-5-10(6-4-9)20-16(23)21-15-13(14(18)22)11-2-1-7-19-8-12(11)24-15;3-2(4,5)1(6)7/h3-6,19H,1-2,7-8H2,(H2,18,22)(H2,20,21,23);(H,6,7). The van der Waals surface area contributed by atoms with Gasteiger partial charge in [-0.2, -0.15) is 13.2 Å². The van der Waals surface area contributed by atoms with Gasteiger partial charge >= 0.3 is 18.2 Å². The highest BCUT2D eigenvalue weighted by Crippen LogP contribution is 2.35. The highest BCUT2D eigenvalue weighted by Gasteiger charge is 2.38. The zero-order chi connectivity index (χ0) is 23.2. The molecule has 1 aliphatic rings. The number of thiophene rings is 1. The van der Waals surface area contributed by atoms with Gasteiger partial charge in [0, 0.05) is 22.1 Å². The molecule has 0 saturated carbocycles. The summed E-state index contributed by atoms with van der Waals surface area (Å²) in [6.45, 7) is 1.58. The highest BCUT2D eigenvalue weighted by atomic mass is 35.5. The van der Waals surface area contributed by atoms with Gasteiger partial charge in [0.25, 0.3) is 5.91 Å². The summed E-state index contributed by atoms with van der Waals surface area (Å²) in [5.41, 5.74) is 7.51. The van der Waals surface area contributed by atoms with Gasteiger partial charge in [-0.15, -0.1) is 11.3 Å². The van der Waals surface area contributed by atoms with E-state index < -0.39 is 24.1 Å². The molecule has 8 nitrogen and oxygen atoms in total. The SMILES string of the molecule is NC(=O)c1c(NC(=O)Nc2ccc(Cl)cc2)sc2c1CCCNC2.O=C(O)C(F)(F)F. The van der Waals surface area contributed by atoms with Crippen LogP contribution in [0.3, 0.4) is 0 Å². The molecule has 1 aliphatic heterocycles. The number of carboxylic acid groups (broad SMARTS) is 1. The molecule has 2 heterocycles. The number of anilines is 2. The number of carbonyl (C=O) groups excluding carboxylic acids is 2. The molecule has 3 rings (SSSR count). The van der Waals surface area contributed by atoms with Crippen LogP contribution in [0.25, 0.3) is 0 Å². The molecule has 0 aliphatic carbocycles. The highest BCUT2D eigenvalue weighted by molar-refractivity contribution is 7.17. The first-order valence-electron chi connectivity index (χ1n) is 8.77. The van der Waals surface area contributed by atoms with Gasteiger partial charge in [0.2, 0.25) is 0 Å². The number of amides is 3. The van der Waals surface area contributed by atoms with Gasteiger partial charge in [-0.25, -0.2) is 9.59 Å². The van der Waals surface area contributed by atoms with E-state index in [9.17, 15) is 22.8 Å². The predicted octanol–water partition coefficient (Wildman–Crippen LogP) is 3.81. The number of rotatable bonds is 3. The van der Waals surface area contributed by atoms with Crippen molar-refractivity contribution in [1.29, 1.82) is 0 Å². The Morgan fingerprint density at radius 1 is 1.16 bits per heavy atom. The van der Waals surface area contributed by atoms with Crippen LogP contribution in [-0.2, 0) is 17.8 Å². The third-order valence-corrected chi connectivity index (χ3v) is 5.37. The van der Waals surface area contributed by atoms with Crippen LogP contribution < -0.4 is 21.7 Å². The molecule has 0 atom stereocenters. The number of carbonyl (C=O) groups is 3. The number of carboxylic acids is 1. The molecule has 1 aromatic heterocycles. The molecule has 0 unspecified atom stereocenters. The number of hydrogen-bond donors (Lipinski definition) is 5. The van der Waals surface area contributed by atoms with Gasteiger partial charge in [-0.3, -0.25) is 10.1 Å². The monoisotopic (exact) mass is 478 g/mol. The Labute approximate surface area is 183 Å². The van der Waals surface area contributed by atoms with Crippen LogP contribution in [0.15, 0.2) is 24.3 Å². The van der Waals surface area contributed by atoms with Crippen molar-refractivity contribution >= 4 is 51.5 Å². The van der Waals surface area contributed by atoms with Crippen molar-refractivity contribution in [2.75, 3.05) is 17.2 Å². The van der Waals surface area contributed by atoms with Crippen molar-refractivity contribution in [2.24, 2.45) is 5.73 Å². The fourth-order valence-corrected chi connectivity index (χ4v) is 4.00. The lowest BCUT2D eigenvalue weighted by molar-refractivity contribution is -0.192. The van der Waals surface area contributed by atoms with Gasteiger partial charge in [-0.05, 0) is 49.2 Å². The summed E-state index contributed by atoms with van der Waals surface area (Å²) in [4.78, 5) is 34.0. The zero-order valence-corrected chi connectivity index (χ0v) is 17.4. The van der Waals surface area contributed by atoms with E-state index in [2.05, 4.69) is 16.0 Å². The summed E-state index contributed by atoms with van der Waals surface area (Å²) >= 11 is 7.21. The summed E-state index contributed by atoms with van der Waals surface area (Å²) in [6, 6.07) is 6.34. The van der Waals surface area contributed by atoms with Gasteiger partial charge in [-0.1, -0.05) is 11.6 Å². The second-order valence-electron chi connectivity index (χ2n) is 6.24. The molecular weight excluding hydrogens is 461 g/mol. The van der Waals surface area contributed by atoms with Gasteiger partial charge in [0.15, 0.2) is 0 Å². The summed E-state index contributed by atoms with van der Waals surface area (Å²) in [7, 11) is 0. The van der Waals surface area contributed by atoms with E-state index in [1.165, 1.54) is 11.3 Å². The van der Waals surface area contributed by atoms with Crippen molar-refractivity contribution in [1.82, 2.24) is 5.32 Å². The number of halogens is 4. The maximum Gasteiger partial charge on any atom is 0.490 e. The van der Waals surface area contributed by atoms with E-state index in [4.69, 9.17) is 27.2 Å². The molecular formula is C18H18ClF3N4O4S. The lowest BCUT2D eigenvalue weighted by atomic mass is 10.1. The van der Waals surface area contributed by atoms with Crippen LogP contribution in [0.4, 0.5) is 28.7 Å². The Hall–Kier alpha value is -2.83. The van der Waals surface area contributed by atoms with Crippen molar-refractivity contribution in [2.45, 2.75) is 25.6 Å². The van der Waals surface area contributed by atoms with E-state index in [1.807, 2.05) is 0 Å². The number of nitrogens with one attached hydrogen (secondary N) is 3. The van der Waals surface area contributed by atoms with E-state index in [-0.39, 0.29) is 0 Å². The molecule has 0 spiro atoms. The molecule has 3 amide bonds. The average molecular weight is 479 g/mol. The van der Waals surface area contributed by atoms with Crippen LogP contribution in [0, 0.1) is 0 Å². The van der Waals surface area contributed by atoms with Crippen molar-refractivity contribution < 1.29 is 32.7 Å². The maximum absolute atomic E-state index is 12.2. The van der Waals surface area contributed by atoms with Crippen LogP contribution in [-0.4, -0.2) is 35.7 Å². The van der Waals surface area contributed by atoms with Gasteiger partial charge < -0.3 is 21.5 Å². The topological polar surface area (TPSA) is 134 Å². The summed E-state index contributed by atoms with van der Waals surface area (Å²) in [5, 5.41) is 16.9. The number of fused-ring (bicyclic) bond motifs is 1. The third-order valence-electron chi connectivity index (χ3n) is 3.97. The van der Waals surface area contributed by atoms with Gasteiger partial charge in [0.1, 0.15) is 5.00 Å². The summed E-state index contributed by atoms with van der Waals surface area (Å²) in [5.74, 6) is -3.27. The number of nitrogens with two attached hydrogens (primary N) is 1. The van der Waals surface area contributed by atoms with Crippen molar-refractivity contribution in [3.05, 3.63) is 45.3 Å². The van der Waals surface area contributed by atoms with Crippen LogP contribution in [0.1, 0.15) is 27.2 Å². The zero-order valence-electron chi connectivity index (χ0n) is 15.8. The number of aliphatic carboxylic acids is 1. The molecule has 0 radical (unpaired) electrons. The molecule has 31 heavy (non-hydrogen) atoms. The minimum atomic E-state index is -5.08. The summed E-state index contributed by atoms with van der Waals surface area (Å²) < 4.78 is 31.7. The number of hydrogen-bond acceptors (Lipinski definition) is 5. The quantitative estimate of drug-likeness (QED) is 0.457. The normalized spacial score (nSPS) is 13.2. The Morgan fingerprint density at radius 2 is 1.77 bits per heavy atom. The Morgan fingerprint density at radius 3 is 2.32 bits per heavy atom. The molecule has 0 saturated heterocycles. The minimum absolute atomic E-state index is 0.421. The van der Waals surface area contributed by atoms with Crippen LogP contribution in [0.5, 0.6) is 0 Å².